The highest BCUT2D eigenvalue weighted by Crippen LogP contribution is 2.30. The molecule has 0 aliphatic rings. The van der Waals surface area contributed by atoms with Crippen molar-refractivity contribution in [2.45, 2.75) is 38.7 Å². The fraction of sp³-hybridized carbons (Fsp3) is 0.471. The Morgan fingerprint density at radius 3 is 2.44 bits per heavy atom. The minimum Gasteiger partial charge on any atom is -0.490 e. The van der Waals surface area contributed by atoms with Crippen molar-refractivity contribution >= 4 is 51.3 Å². The van der Waals surface area contributed by atoms with Crippen molar-refractivity contribution in [1.29, 1.82) is 0 Å². The first-order valence-corrected chi connectivity index (χ1v) is 13.4. The standard InChI is InChI=1S/C17H23Cl3O4Si/c1-2-3-10-24-16-13-14(7-9-17(21)22)6-8-15(16)23-11-4-5-12-25(18,19)20/h6-9,13H,2-5,10-12H2,1H3,(H,21,22). The zero-order chi connectivity index (χ0) is 18.7. The molecule has 1 N–H and O–H groups in total. The second kappa shape index (κ2) is 11.7. The molecule has 0 heterocycles. The predicted octanol–water partition coefficient (Wildman–Crippen LogP) is 5.78. The van der Waals surface area contributed by atoms with Crippen LogP contribution in [0.2, 0.25) is 6.04 Å². The van der Waals surface area contributed by atoms with Gasteiger partial charge in [-0.3, -0.25) is 0 Å². The second-order valence-corrected chi connectivity index (χ2v) is 14.8. The molecule has 4 nitrogen and oxygen atoms in total. The van der Waals surface area contributed by atoms with E-state index in [0.717, 1.165) is 37.3 Å². The fourth-order valence-electron chi connectivity index (χ4n) is 1.96. The lowest BCUT2D eigenvalue weighted by atomic mass is 10.2. The summed E-state index contributed by atoms with van der Waals surface area (Å²) >= 11 is 17.6. The maximum Gasteiger partial charge on any atom is 0.341 e. The summed E-state index contributed by atoms with van der Waals surface area (Å²) < 4.78 is 11.6. The Bertz CT molecular complexity index is 574. The molecule has 0 bridgehead atoms. The molecule has 0 unspecified atom stereocenters. The summed E-state index contributed by atoms with van der Waals surface area (Å²) in [5.41, 5.74) is 0.739. The number of carboxylic acids is 1. The fourth-order valence-corrected chi connectivity index (χ4v) is 3.82. The number of hydrogen-bond acceptors (Lipinski definition) is 3. The van der Waals surface area contributed by atoms with Gasteiger partial charge in [-0.05, 0) is 49.1 Å². The van der Waals surface area contributed by atoms with Gasteiger partial charge in [0.15, 0.2) is 11.5 Å². The number of benzene rings is 1. The molecule has 0 saturated carbocycles. The minimum absolute atomic E-state index is 0.504. The van der Waals surface area contributed by atoms with Crippen LogP contribution in [0.25, 0.3) is 6.08 Å². The molecular weight excluding hydrogens is 403 g/mol. The molecule has 1 aromatic rings. The zero-order valence-electron chi connectivity index (χ0n) is 14.1. The Morgan fingerprint density at radius 2 is 1.80 bits per heavy atom. The number of carbonyl (C=O) groups is 1. The zero-order valence-corrected chi connectivity index (χ0v) is 17.4. The number of rotatable bonds is 12. The van der Waals surface area contributed by atoms with E-state index in [0.29, 0.717) is 30.8 Å². The average molecular weight is 426 g/mol. The van der Waals surface area contributed by atoms with Gasteiger partial charge < -0.3 is 14.6 Å². The van der Waals surface area contributed by atoms with Gasteiger partial charge in [-0.1, -0.05) is 19.4 Å². The van der Waals surface area contributed by atoms with Gasteiger partial charge in [-0.2, -0.15) is 0 Å². The van der Waals surface area contributed by atoms with Crippen molar-refractivity contribution in [3.63, 3.8) is 0 Å². The number of halogens is 3. The summed E-state index contributed by atoms with van der Waals surface area (Å²) in [6.45, 7) is 3.17. The molecule has 0 saturated heterocycles. The van der Waals surface area contributed by atoms with Crippen LogP contribution in [0.15, 0.2) is 24.3 Å². The van der Waals surface area contributed by atoms with Crippen LogP contribution in [0, 0.1) is 0 Å². The van der Waals surface area contributed by atoms with Crippen molar-refractivity contribution < 1.29 is 19.4 Å². The third-order valence-corrected chi connectivity index (χ3v) is 5.88. The first-order valence-electron chi connectivity index (χ1n) is 8.19. The van der Waals surface area contributed by atoms with Crippen molar-refractivity contribution in [2.24, 2.45) is 0 Å². The second-order valence-electron chi connectivity index (χ2n) is 5.50. The quantitative estimate of drug-likeness (QED) is 0.200. The minimum atomic E-state index is -2.56. The van der Waals surface area contributed by atoms with E-state index >= 15 is 0 Å². The number of unbranched alkanes of at least 4 members (excludes halogenated alkanes) is 2. The Labute approximate surface area is 163 Å². The van der Waals surface area contributed by atoms with Gasteiger partial charge in [0.25, 0.3) is 0 Å². The molecule has 140 valence electrons. The molecule has 25 heavy (non-hydrogen) atoms. The van der Waals surface area contributed by atoms with Crippen LogP contribution >= 0.6 is 33.2 Å². The van der Waals surface area contributed by atoms with Crippen molar-refractivity contribution in [3.05, 3.63) is 29.8 Å². The Morgan fingerprint density at radius 1 is 1.12 bits per heavy atom. The monoisotopic (exact) mass is 424 g/mol. The number of carboxylic acid groups (broad SMARTS) is 1. The topological polar surface area (TPSA) is 55.8 Å². The van der Waals surface area contributed by atoms with E-state index in [2.05, 4.69) is 6.92 Å². The Kier molecular flexibility index (Phi) is 10.4. The molecule has 1 aromatic carbocycles. The van der Waals surface area contributed by atoms with E-state index < -0.39 is 12.0 Å². The van der Waals surface area contributed by atoms with Gasteiger partial charge in [0.05, 0.1) is 13.2 Å². The van der Waals surface area contributed by atoms with Gasteiger partial charge in [0, 0.05) is 6.08 Å². The van der Waals surface area contributed by atoms with Crippen molar-refractivity contribution in [3.8, 4) is 11.5 Å². The van der Waals surface area contributed by atoms with E-state index in [1.807, 2.05) is 0 Å². The maximum absolute atomic E-state index is 10.6. The molecule has 0 spiro atoms. The lowest BCUT2D eigenvalue weighted by molar-refractivity contribution is -0.131. The van der Waals surface area contributed by atoms with Crippen LogP contribution in [0.4, 0.5) is 0 Å². The van der Waals surface area contributed by atoms with Crippen molar-refractivity contribution in [1.82, 2.24) is 0 Å². The lowest BCUT2D eigenvalue weighted by Gasteiger charge is -2.14. The van der Waals surface area contributed by atoms with Crippen LogP contribution in [0.1, 0.15) is 38.2 Å². The molecular formula is C17H23Cl3O4Si. The molecule has 0 fully saturated rings. The average Bonchev–Trinajstić information content (AvgIpc) is 2.53. The summed E-state index contributed by atoms with van der Waals surface area (Å²) in [6.07, 6.45) is 6.15. The predicted molar refractivity (Wildman–Crippen MR) is 106 cm³/mol. The highest BCUT2D eigenvalue weighted by atomic mass is 35.8. The van der Waals surface area contributed by atoms with Gasteiger partial charge in [-0.15, -0.1) is 33.2 Å². The molecule has 0 radical (unpaired) electrons. The Balaban J connectivity index is 2.66. The van der Waals surface area contributed by atoms with Crippen LogP contribution in [0.3, 0.4) is 0 Å². The van der Waals surface area contributed by atoms with Crippen LogP contribution in [-0.2, 0) is 4.79 Å². The largest absolute Gasteiger partial charge is 0.490 e. The first-order chi connectivity index (χ1) is 11.8. The van der Waals surface area contributed by atoms with Crippen LogP contribution in [-0.4, -0.2) is 30.3 Å². The lowest BCUT2D eigenvalue weighted by Crippen LogP contribution is -2.09. The molecule has 0 aromatic heterocycles. The molecule has 0 aliphatic carbocycles. The first kappa shape index (κ1) is 22.2. The van der Waals surface area contributed by atoms with Gasteiger partial charge in [-0.25, -0.2) is 4.79 Å². The highest BCUT2D eigenvalue weighted by Gasteiger charge is 2.23. The van der Waals surface area contributed by atoms with E-state index in [1.165, 1.54) is 6.08 Å². The normalized spacial score (nSPS) is 11.7. The van der Waals surface area contributed by atoms with E-state index in [9.17, 15) is 4.79 Å². The molecule has 1 rings (SSSR count). The highest BCUT2D eigenvalue weighted by molar-refractivity contribution is 7.64. The van der Waals surface area contributed by atoms with Gasteiger partial charge >= 0.3 is 12.0 Å². The number of aliphatic carboxylic acids is 1. The van der Waals surface area contributed by atoms with E-state index in [4.69, 9.17) is 47.8 Å². The summed E-state index contributed by atoms with van der Waals surface area (Å²) in [4.78, 5) is 10.6. The number of ether oxygens (including phenoxy) is 2. The summed E-state index contributed by atoms with van der Waals surface area (Å²) in [5.74, 6) is 0.248. The van der Waals surface area contributed by atoms with Crippen LogP contribution < -0.4 is 9.47 Å². The van der Waals surface area contributed by atoms with Crippen molar-refractivity contribution in [2.75, 3.05) is 13.2 Å². The summed E-state index contributed by atoms with van der Waals surface area (Å²) in [6, 6.07) is 3.39. The van der Waals surface area contributed by atoms with Gasteiger partial charge in [0.1, 0.15) is 0 Å². The number of hydrogen-bond donors (Lipinski definition) is 1. The van der Waals surface area contributed by atoms with Crippen LogP contribution in [0.5, 0.6) is 11.5 Å². The smallest absolute Gasteiger partial charge is 0.341 e. The van der Waals surface area contributed by atoms with E-state index in [1.54, 1.807) is 18.2 Å². The van der Waals surface area contributed by atoms with Gasteiger partial charge in [0.2, 0.25) is 0 Å². The maximum atomic E-state index is 10.6. The Hall–Kier alpha value is -0.883. The molecule has 0 atom stereocenters. The summed E-state index contributed by atoms with van der Waals surface area (Å²) in [5, 5.41) is 8.73. The SMILES string of the molecule is CCCCOc1cc(C=CC(=O)O)ccc1OCCCC[Si](Cl)(Cl)Cl. The third kappa shape index (κ3) is 10.6. The van der Waals surface area contributed by atoms with E-state index in [-0.39, 0.29) is 0 Å². The third-order valence-electron chi connectivity index (χ3n) is 3.25. The summed E-state index contributed by atoms with van der Waals surface area (Å²) in [7, 11) is 0. The molecule has 8 heteroatoms. The molecule has 0 amide bonds. The molecule has 0 aliphatic heterocycles.